The summed E-state index contributed by atoms with van der Waals surface area (Å²) in [6, 6.07) is 11.2. The molecule has 3 aromatic rings. The highest BCUT2D eigenvalue weighted by atomic mass is 15.2. The van der Waals surface area contributed by atoms with Crippen LogP contribution in [0.15, 0.2) is 42.9 Å². The summed E-state index contributed by atoms with van der Waals surface area (Å²) in [7, 11) is 0. The van der Waals surface area contributed by atoms with Crippen molar-refractivity contribution in [1.29, 1.82) is 0 Å². The highest BCUT2D eigenvalue weighted by Crippen LogP contribution is 2.26. The van der Waals surface area contributed by atoms with Crippen molar-refractivity contribution in [1.82, 2.24) is 15.0 Å². The van der Waals surface area contributed by atoms with Crippen molar-refractivity contribution in [3.63, 3.8) is 0 Å². The molecule has 1 unspecified atom stereocenters. The average Bonchev–Trinajstić information content (AvgIpc) is 3.11. The van der Waals surface area contributed by atoms with Gasteiger partial charge in [-0.3, -0.25) is 0 Å². The smallest absolute Gasteiger partial charge is 0.134 e. The first-order valence-electron chi connectivity index (χ1n) is 9.72. The molecule has 136 valence electrons. The number of anilines is 2. The van der Waals surface area contributed by atoms with E-state index in [1.165, 1.54) is 42.1 Å². The van der Waals surface area contributed by atoms with Gasteiger partial charge in [0.15, 0.2) is 0 Å². The summed E-state index contributed by atoms with van der Waals surface area (Å²) in [6.45, 7) is 4.23. The Hall–Kier alpha value is -2.56. The molecular formula is C21H27N5. The number of para-hydroxylation sites is 1. The van der Waals surface area contributed by atoms with Gasteiger partial charge in [0.2, 0.25) is 0 Å². The maximum Gasteiger partial charge on any atom is 0.134 e. The Morgan fingerprint density at radius 2 is 2.15 bits per heavy atom. The van der Waals surface area contributed by atoms with Crippen LogP contribution in [0.25, 0.3) is 10.9 Å². The van der Waals surface area contributed by atoms with Gasteiger partial charge in [-0.2, -0.15) is 0 Å². The van der Waals surface area contributed by atoms with Gasteiger partial charge in [0.05, 0.1) is 0 Å². The summed E-state index contributed by atoms with van der Waals surface area (Å²) in [4.78, 5) is 14.7. The number of fused-ring (bicyclic) bond motifs is 1. The molecule has 0 radical (unpaired) electrons. The first-order valence-corrected chi connectivity index (χ1v) is 9.72. The summed E-state index contributed by atoms with van der Waals surface area (Å²) in [6.07, 6.45) is 9.78. The molecule has 1 aliphatic heterocycles. The lowest BCUT2D eigenvalue weighted by atomic mass is 10.0. The van der Waals surface area contributed by atoms with Gasteiger partial charge in [0.1, 0.15) is 18.0 Å². The van der Waals surface area contributed by atoms with Gasteiger partial charge >= 0.3 is 0 Å². The number of nitrogens with one attached hydrogen (secondary N) is 2. The third-order valence-corrected chi connectivity index (χ3v) is 5.42. The van der Waals surface area contributed by atoms with Crippen molar-refractivity contribution in [3.8, 4) is 0 Å². The molecule has 2 N–H and O–H groups in total. The minimum Gasteiger partial charge on any atom is -0.370 e. The van der Waals surface area contributed by atoms with Crippen LogP contribution >= 0.6 is 0 Å². The van der Waals surface area contributed by atoms with Gasteiger partial charge in [-0.05, 0) is 43.7 Å². The van der Waals surface area contributed by atoms with Crippen LogP contribution in [0, 0.1) is 0 Å². The fourth-order valence-electron chi connectivity index (χ4n) is 3.99. The van der Waals surface area contributed by atoms with Crippen LogP contribution in [-0.2, 0) is 6.42 Å². The van der Waals surface area contributed by atoms with E-state index in [1.54, 1.807) is 6.33 Å². The van der Waals surface area contributed by atoms with Crippen molar-refractivity contribution >= 4 is 22.5 Å². The van der Waals surface area contributed by atoms with Gasteiger partial charge in [-0.15, -0.1) is 0 Å². The Morgan fingerprint density at radius 1 is 1.23 bits per heavy atom. The van der Waals surface area contributed by atoms with Crippen LogP contribution in [0.1, 0.15) is 38.2 Å². The van der Waals surface area contributed by atoms with Gasteiger partial charge in [-0.1, -0.05) is 25.1 Å². The second-order valence-corrected chi connectivity index (χ2v) is 7.05. The van der Waals surface area contributed by atoms with Crippen LogP contribution in [0.3, 0.4) is 0 Å². The highest BCUT2D eigenvalue weighted by molar-refractivity contribution is 5.83. The quantitative estimate of drug-likeness (QED) is 0.693. The fourth-order valence-corrected chi connectivity index (χ4v) is 3.99. The second-order valence-electron chi connectivity index (χ2n) is 7.05. The number of piperidine rings is 1. The lowest BCUT2D eigenvalue weighted by Crippen LogP contribution is -2.39. The van der Waals surface area contributed by atoms with Crippen molar-refractivity contribution in [3.05, 3.63) is 48.4 Å². The molecule has 2 aromatic heterocycles. The van der Waals surface area contributed by atoms with Crippen molar-refractivity contribution in [2.45, 2.75) is 45.1 Å². The third-order valence-electron chi connectivity index (χ3n) is 5.42. The summed E-state index contributed by atoms with van der Waals surface area (Å²) in [5, 5.41) is 4.77. The Labute approximate surface area is 154 Å². The Balaban J connectivity index is 1.41. The first-order chi connectivity index (χ1) is 12.8. The van der Waals surface area contributed by atoms with Crippen molar-refractivity contribution in [2.75, 3.05) is 23.3 Å². The van der Waals surface area contributed by atoms with E-state index in [9.17, 15) is 0 Å². The number of aromatic amines is 1. The Kier molecular flexibility index (Phi) is 5.04. The van der Waals surface area contributed by atoms with Gasteiger partial charge in [0.25, 0.3) is 0 Å². The molecule has 3 heterocycles. The lowest BCUT2D eigenvalue weighted by Gasteiger charge is -2.36. The van der Waals surface area contributed by atoms with E-state index in [4.69, 9.17) is 0 Å². The van der Waals surface area contributed by atoms with Crippen molar-refractivity contribution in [2.24, 2.45) is 0 Å². The number of benzene rings is 1. The van der Waals surface area contributed by atoms with E-state index < -0.39 is 0 Å². The zero-order chi connectivity index (χ0) is 17.8. The van der Waals surface area contributed by atoms with Crippen LogP contribution < -0.4 is 10.2 Å². The number of rotatable bonds is 6. The zero-order valence-corrected chi connectivity index (χ0v) is 15.4. The Bertz CT molecular complexity index is 856. The maximum absolute atomic E-state index is 4.53. The molecular weight excluding hydrogens is 322 g/mol. The molecule has 1 aromatic carbocycles. The highest BCUT2D eigenvalue weighted by Gasteiger charge is 2.22. The zero-order valence-electron chi connectivity index (χ0n) is 15.4. The number of nitrogens with zero attached hydrogens (tertiary/aromatic N) is 3. The van der Waals surface area contributed by atoms with E-state index >= 15 is 0 Å². The first kappa shape index (κ1) is 16.9. The van der Waals surface area contributed by atoms with Gasteiger partial charge in [-0.25, -0.2) is 9.97 Å². The minimum absolute atomic E-state index is 0.609. The molecule has 0 saturated carbocycles. The predicted octanol–water partition coefficient (Wildman–Crippen LogP) is 4.38. The van der Waals surface area contributed by atoms with Crippen LogP contribution in [-0.4, -0.2) is 34.1 Å². The van der Waals surface area contributed by atoms with Crippen molar-refractivity contribution < 1.29 is 0 Å². The number of H-pyrrole nitrogens is 1. The summed E-state index contributed by atoms with van der Waals surface area (Å²) in [5.74, 6) is 1.97. The third kappa shape index (κ3) is 3.52. The molecule has 26 heavy (non-hydrogen) atoms. The topological polar surface area (TPSA) is 56.8 Å². The molecule has 5 nitrogen and oxygen atoms in total. The molecule has 0 amide bonds. The van der Waals surface area contributed by atoms with E-state index in [-0.39, 0.29) is 0 Å². The maximum atomic E-state index is 4.53. The largest absolute Gasteiger partial charge is 0.370 e. The summed E-state index contributed by atoms with van der Waals surface area (Å²) < 4.78 is 0. The molecule has 1 atom stereocenters. The molecule has 1 aliphatic rings. The SMILES string of the molecule is CCC1CCCCN1c1cc(NCCc2c[nH]c3ccccc23)ncn1. The van der Waals surface area contributed by atoms with Gasteiger partial charge in [0, 0.05) is 42.3 Å². The summed E-state index contributed by atoms with van der Waals surface area (Å²) >= 11 is 0. The van der Waals surface area contributed by atoms with Gasteiger partial charge < -0.3 is 15.2 Å². The van der Waals surface area contributed by atoms with E-state index in [2.05, 4.69) is 68.6 Å². The van der Waals surface area contributed by atoms with Crippen LogP contribution in [0.4, 0.5) is 11.6 Å². The average molecular weight is 349 g/mol. The number of hydrogen-bond donors (Lipinski definition) is 2. The molecule has 0 spiro atoms. The van der Waals surface area contributed by atoms with E-state index in [0.29, 0.717) is 6.04 Å². The molecule has 4 rings (SSSR count). The predicted molar refractivity (Wildman–Crippen MR) is 108 cm³/mol. The standard InChI is InChI=1S/C21H27N5/c1-2-17-7-5-6-12-26(17)21-13-20(24-15-25-21)22-11-10-16-14-23-19-9-4-3-8-18(16)19/h3-4,8-9,13-15,17,23H,2,5-7,10-12H2,1H3,(H,22,24,25). The number of aromatic nitrogens is 3. The molecule has 1 saturated heterocycles. The second kappa shape index (κ2) is 7.77. The Morgan fingerprint density at radius 3 is 3.08 bits per heavy atom. The molecule has 1 fully saturated rings. The normalized spacial score (nSPS) is 17.6. The van der Waals surface area contributed by atoms with Crippen LogP contribution in [0.2, 0.25) is 0 Å². The van der Waals surface area contributed by atoms with E-state index in [0.717, 1.165) is 31.1 Å². The fraction of sp³-hybridized carbons (Fsp3) is 0.429. The van der Waals surface area contributed by atoms with Crippen LogP contribution in [0.5, 0.6) is 0 Å². The molecule has 5 heteroatoms. The number of hydrogen-bond acceptors (Lipinski definition) is 4. The lowest BCUT2D eigenvalue weighted by molar-refractivity contribution is 0.446. The summed E-state index contributed by atoms with van der Waals surface area (Å²) in [5.41, 5.74) is 2.53. The minimum atomic E-state index is 0.609. The molecule has 0 aliphatic carbocycles. The molecule has 0 bridgehead atoms. The van der Waals surface area contributed by atoms with E-state index in [1.807, 2.05) is 0 Å². The monoisotopic (exact) mass is 349 g/mol.